The summed E-state index contributed by atoms with van der Waals surface area (Å²) in [6.07, 6.45) is 5.60. The van der Waals surface area contributed by atoms with Gasteiger partial charge in [0, 0.05) is 6.07 Å². The maximum Gasteiger partial charge on any atom is 0.129 e. The lowest BCUT2D eigenvalue weighted by Crippen LogP contribution is -2.33. The molecule has 1 fully saturated rings. The number of rotatable bonds is 5. The summed E-state index contributed by atoms with van der Waals surface area (Å²) in [7, 11) is 1.97. The van der Waals surface area contributed by atoms with Crippen LogP contribution in [-0.2, 0) is 6.42 Å². The zero-order chi connectivity index (χ0) is 14.5. The van der Waals surface area contributed by atoms with E-state index in [1.807, 2.05) is 7.05 Å². The Morgan fingerprint density at radius 1 is 1.20 bits per heavy atom. The van der Waals surface area contributed by atoms with Crippen LogP contribution in [0.5, 0.6) is 0 Å². The van der Waals surface area contributed by atoms with Gasteiger partial charge in [-0.3, -0.25) is 0 Å². The minimum atomic E-state index is -0.492. The normalized spacial score (nSPS) is 26.7. The first-order valence-electron chi connectivity index (χ1n) is 7.72. The predicted molar refractivity (Wildman–Crippen MR) is 78.6 cm³/mol. The highest BCUT2D eigenvalue weighted by atomic mass is 19.1. The Bertz CT molecular complexity index is 433. The average Bonchev–Trinajstić information content (AvgIpc) is 2.44. The summed E-state index contributed by atoms with van der Waals surface area (Å²) in [6, 6.07) is 3.98. The lowest BCUT2D eigenvalue weighted by Gasteiger charge is -2.36. The number of benzene rings is 1. The quantitative estimate of drug-likeness (QED) is 0.854. The Balaban J connectivity index is 2.09. The standard InChI is InChI=1S/C17H25F2N/c1-3-12-4-5-14(11-20-2)15(8-12)9-13-6-7-16(18)10-17(13)19/h6-7,10,12,14-15,20H,3-5,8-9,11H2,1-2H3. The van der Waals surface area contributed by atoms with Crippen LogP contribution in [-0.4, -0.2) is 13.6 Å². The summed E-state index contributed by atoms with van der Waals surface area (Å²) in [4.78, 5) is 0. The van der Waals surface area contributed by atoms with Crippen LogP contribution >= 0.6 is 0 Å². The SMILES string of the molecule is CCC1CCC(CNC)C(Cc2ccc(F)cc2F)C1. The molecule has 2 rings (SSSR count). The van der Waals surface area contributed by atoms with Crippen molar-refractivity contribution in [2.24, 2.45) is 17.8 Å². The third-order valence-electron chi connectivity index (χ3n) is 4.79. The van der Waals surface area contributed by atoms with Crippen LogP contribution in [0.2, 0.25) is 0 Å². The highest BCUT2D eigenvalue weighted by molar-refractivity contribution is 5.19. The van der Waals surface area contributed by atoms with Crippen LogP contribution < -0.4 is 5.32 Å². The first-order chi connectivity index (χ1) is 9.63. The summed E-state index contributed by atoms with van der Waals surface area (Å²) in [6.45, 7) is 3.22. The van der Waals surface area contributed by atoms with Gasteiger partial charge in [0.25, 0.3) is 0 Å². The smallest absolute Gasteiger partial charge is 0.129 e. The van der Waals surface area contributed by atoms with E-state index in [2.05, 4.69) is 12.2 Å². The highest BCUT2D eigenvalue weighted by Gasteiger charge is 2.29. The molecule has 0 spiro atoms. The van der Waals surface area contributed by atoms with E-state index >= 15 is 0 Å². The monoisotopic (exact) mass is 281 g/mol. The van der Waals surface area contributed by atoms with E-state index in [1.165, 1.54) is 31.7 Å². The van der Waals surface area contributed by atoms with E-state index in [0.29, 0.717) is 17.4 Å². The Labute approximate surface area is 120 Å². The molecular weight excluding hydrogens is 256 g/mol. The van der Waals surface area contributed by atoms with Crippen molar-refractivity contribution in [2.45, 2.75) is 39.0 Å². The third kappa shape index (κ3) is 3.78. The Kier molecular flexibility index (Phi) is 5.53. The Morgan fingerprint density at radius 3 is 2.65 bits per heavy atom. The Hall–Kier alpha value is -0.960. The van der Waals surface area contributed by atoms with Crippen molar-refractivity contribution in [3.63, 3.8) is 0 Å². The van der Waals surface area contributed by atoms with Crippen molar-refractivity contribution < 1.29 is 8.78 Å². The van der Waals surface area contributed by atoms with Gasteiger partial charge in [0.2, 0.25) is 0 Å². The van der Waals surface area contributed by atoms with Crippen LogP contribution in [0.3, 0.4) is 0 Å². The van der Waals surface area contributed by atoms with E-state index in [1.54, 1.807) is 6.07 Å². The number of halogens is 2. The predicted octanol–water partition coefficient (Wildman–Crippen LogP) is 4.17. The summed E-state index contributed by atoms with van der Waals surface area (Å²) >= 11 is 0. The molecule has 0 amide bonds. The molecule has 3 heteroatoms. The van der Waals surface area contributed by atoms with E-state index in [4.69, 9.17) is 0 Å². The third-order valence-corrected chi connectivity index (χ3v) is 4.79. The van der Waals surface area contributed by atoms with Gasteiger partial charge in [-0.15, -0.1) is 0 Å². The first-order valence-corrected chi connectivity index (χ1v) is 7.72. The van der Waals surface area contributed by atoms with Gasteiger partial charge in [-0.1, -0.05) is 25.8 Å². The van der Waals surface area contributed by atoms with E-state index in [-0.39, 0.29) is 0 Å². The molecule has 0 saturated heterocycles. The maximum atomic E-state index is 13.8. The highest BCUT2D eigenvalue weighted by Crippen LogP contribution is 2.37. The molecule has 0 bridgehead atoms. The molecule has 0 heterocycles. The second-order valence-corrected chi connectivity index (χ2v) is 6.11. The van der Waals surface area contributed by atoms with Crippen LogP contribution in [0, 0.1) is 29.4 Å². The van der Waals surface area contributed by atoms with Gasteiger partial charge in [0.15, 0.2) is 0 Å². The molecule has 1 aromatic rings. The van der Waals surface area contributed by atoms with Crippen molar-refractivity contribution in [1.29, 1.82) is 0 Å². The number of nitrogens with one attached hydrogen (secondary N) is 1. The molecule has 1 nitrogen and oxygen atoms in total. The molecule has 1 N–H and O–H groups in total. The summed E-state index contributed by atoms with van der Waals surface area (Å²) in [5.41, 5.74) is 0.661. The van der Waals surface area contributed by atoms with Gasteiger partial charge in [0.1, 0.15) is 11.6 Å². The molecule has 0 aromatic heterocycles. The molecule has 20 heavy (non-hydrogen) atoms. The molecule has 1 saturated carbocycles. The van der Waals surface area contributed by atoms with Gasteiger partial charge in [0.05, 0.1) is 0 Å². The zero-order valence-corrected chi connectivity index (χ0v) is 12.5. The average molecular weight is 281 g/mol. The minimum absolute atomic E-state index is 0.396. The number of hydrogen-bond donors (Lipinski definition) is 1. The number of hydrogen-bond acceptors (Lipinski definition) is 1. The molecule has 0 aliphatic heterocycles. The maximum absolute atomic E-state index is 13.8. The van der Waals surface area contributed by atoms with E-state index in [0.717, 1.165) is 24.9 Å². The molecule has 1 aromatic carbocycles. The lowest BCUT2D eigenvalue weighted by molar-refractivity contribution is 0.172. The van der Waals surface area contributed by atoms with Crippen LogP contribution in [0.15, 0.2) is 18.2 Å². The Morgan fingerprint density at radius 2 is 2.00 bits per heavy atom. The van der Waals surface area contributed by atoms with Crippen LogP contribution in [0.1, 0.15) is 38.2 Å². The molecule has 0 radical (unpaired) electrons. The van der Waals surface area contributed by atoms with Crippen LogP contribution in [0.4, 0.5) is 8.78 Å². The fourth-order valence-corrected chi connectivity index (χ4v) is 3.55. The largest absolute Gasteiger partial charge is 0.319 e. The van der Waals surface area contributed by atoms with E-state index in [9.17, 15) is 8.78 Å². The molecule has 3 atom stereocenters. The summed E-state index contributed by atoms with van der Waals surface area (Å²) in [5, 5.41) is 3.26. The van der Waals surface area contributed by atoms with Gasteiger partial charge in [-0.2, -0.15) is 0 Å². The second-order valence-electron chi connectivity index (χ2n) is 6.11. The van der Waals surface area contributed by atoms with Crippen molar-refractivity contribution in [2.75, 3.05) is 13.6 Å². The summed E-state index contributed by atoms with van der Waals surface area (Å²) < 4.78 is 26.8. The molecule has 1 aliphatic rings. The molecular formula is C17H25F2N. The second kappa shape index (κ2) is 7.16. The lowest BCUT2D eigenvalue weighted by atomic mass is 9.71. The molecule has 1 aliphatic carbocycles. The van der Waals surface area contributed by atoms with Crippen molar-refractivity contribution in [3.8, 4) is 0 Å². The fraction of sp³-hybridized carbons (Fsp3) is 0.647. The van der Waals surface area contributed by atoms with Crippen molar-refractivity contribution in [1.82, 2.24) is 5.32 Å². The fourth-order valence-electron chi connectivity index (χ4n) is 3.55. The molecule has 3 unspecified atom stereocenters. The molecule has 112 valence electrons. The minimum Gasteiger partial charge on any atom is -0.319 e. The first kappa shape index (κ1) is 15.4. The van der Waals surface area contributed by atoms with Gasteiger partial charge >= 0.3 is 0 Å². The van der Waals surface area contributed by atoms with Crippen LogP contribution in [0.25, 0.3) is 0 Å². The van der Waals surface area contributed by atoms with Gasteiger partial charge in [-0.05, 0) is 62.2 Å². The topological polar surface area (TPSA) is 12.0 Å². The van der Waals surface area contributed by atoms with Gasteiger partial charge < -0.3 is 5.32 Å². The summed E-state index contributed by atoms with van der Waals surface area (Å²) in [5.74, 6) is 0.977. The van der Waals surface area contributed by atoms with E-state index < -0.39 is 11.6 Å². The van der Waals surface area contributed by atoms with Crippen molar-refractivity contribution >= 4 is 0 Å². The van der Waals surface area contributed by atoms with Crippen molar-refractivity contribution in [3.05, 3.63) is 35.4 Å². The van der Waals surface area contributed by atoms with Gasteiger partial charge in [-0.25, -0.2) is 8.78 Å². The zero-order valence-electron chi connectivity index (χ0n) is 12.5.